The van der Waals surface area contributed by atoms with Gasteiger partial charge in [0.05, 0.1) is 6.10 Å². The van der Waals surface area contributed by atoms with Crippen molar-refractivity contribution in [2.24, 2.45) is 0 Å². The third-order valence-corrected chi connectivity index (χ3v) is 2.68. The van der Waals surface area contributed by atoms with Crippen molar-refractivity contribution in [3.63, 3.8) is 0 Å². The van der Waals surface area contributed by atoms with Crippen molar-refractivity contribution in [3.05, 3.63) is 28.8 Å². The molecule has 78 valence electrons. The van der Waals surface area contributed by atoms with Crippen LogP contribution in [0.15, 0.2) is 18.2 Å². The van der Waals surface area contributed by atoms with Gasteiger partial charge < -0.3 is 10.0 Å². The van der Waals surface area contributed by atoms with E-state index in [1.165, 1.54) is 0 Å². The van der Waals surface area contributed by atoms with Crippen LogP contribution in [0.3, 0.4) is 0 Å². The molecule has 0 aliphatic carbocycles. The Kier molecular flexibility index (Phi) is 3.78. The summed E-state index contributed by atoms with van der Waals surface area (Å²) in [5.41, 5.74) is 1.85. The topological polar surface area (TPSA) is 23.5 Å². The summed E-state index contributed by atoms with van der Waals surface area (Å²) in [6.45, 7) is 4.73. The molecule has 0 fully saturated rings. The highest BCUT2D eigenvalue weighted by atomic mass is 35.5. The van der Waals surface area contributed by atoms with Crippen molar-refractivity contribution >= 4 is 17.3 Å². The molecule has 0 amide bonds. The minimum absolute atomic E-state index is 0.511. The van der Waals surface area contributed by atoms with Crippen LogP contribution in [0.25, 0.3) is 0 Å². The maximum Gasteiger partial charge on any atom is 0.0776 e. The molecule has 1 atom stereocenters. The number of nitrogens with zero attached hydrogens (tertiary/aromatic N) is 1. The van der Waals surface area contributed by atoms with E-state index in [0.29, 0.717) is 5.02 Å². The molecule has 0 unspecified atom stereocenters. The fourth-order valence-corrected chi connectivity index (χ4v) is 1.61. The number of aliphatic hydroxyl groups excluding tert-OH is 1. The van der Waals surface area contributed by atoms with Crippen molar-refractivity contribution in [1.29, 1.82) is 0 Å². The lowest BCUT2D eigenvalue weighted by atomic mass is 10.1. The van der Waals surface area contributed by atoms with Crippen LogP contribution in [0.2, 0.25) is 5.02 Å². The third-order valence-electron chi connectivity index (χ3n) is 2.35. The first-order valence-electron chi connectivity index (χ1n) is 4.75. The number of halogens is 1. The average molecular weight is 214 g/mol. The Morgan fingerprint density at radius 1 is 1.50 bits per heavy atom. The second-order valence-electron chi connectivity index (χ2n) is 3.40. The SMILES string of the molecule is CCN(C)c1ccc([C@@H](C)O)c(Cl)c1. The van der Waals surface area contributed by atoms with E-state index in [9.17, 15) is 5.11 Å². The van der Waals surface area contributed by atoms with Gasteiger partial charge in [-0.25, -0.2) is 0 Å². The summed E-state index contributed by atoms with van der Waals surface area (Å²) in [5.74, 6) is 0. The summed E-state index contributed by atoms with van der Waals surface area (Å²) < 4.78 is 0. The molecule has 0 aromatic heterocycles. The van der Waals surface area contributed by atoms with Gasteiger partial charge in [0.2, 0.25) is 0 Å². The van der Waals surface area contributed by atoms with E-state index in [0.717, 1.165) is 17.8 Å². The van der Waals surface area contributed by atoms with Crippen LogP contribution in [0, 0.1) is 0 Å². The van der Waals surface area contributed by atoms with Gasteiger partial charge in [-0.1, -0.05) is 17.7 Å². The summed E-state index contributed by atoms with van der Waals surface area (Å²) in [7, 11) is 2.01. The van der Waals surface area contributed by atoms with Crippen molar-refractivity contribution < 1.29 is 5.11 Å². The lowest BCUT2D eigenvalue weighted by Crippen LogP contribution is -2.15. The first-order chi connectivity index (χ1) is 6.56. The number of benzene rings is 1. The second kappa shape index (κ2) is 4.67. The Bertz CT molecular complexity index is 312. The normalized spacial score (nSPS) is 12.6. The molecular formula is C11H16ClNO. The smallest absolute Gasteiger partial charge is 0.0776 e. The number of hydrogen-bond donors (Lipinski definition) is 1. The standard InChI is InChI=1S/C11H16ClNO/c1-4-13(3)9-5-6-10(8(2)14)11(12)7-9/h5-8,14H,4H2,1-3H3/t8-/m1/s1. The van der Waals surface area contributed by atoms with Gasteiger partial charge in [-0.15, -0.1) is 0 Å². The second-order valence-corrected chi connectivity index (χ2v) is 3.80. The molecule has 0 heterocycles. The monoisotopic (exact) mass is 213 g/mol. The van der Waals surface area contributed by atoms with Crippen LogP contribution in [0.4, 0.5) is 5.69 Å². The fourth-order valence-electron chi connectivity index (χ4n) is 1.27. The minimum atomic E-state index is -0.511. The van der Waals surface area contributed by atoms with E-state index in [1.54, 1.807) is 6.92 Å². The summed E-state index contributed by atoms with van der Waals surface area (Å²) in [4.78, 5) is 2.09. The Labute approximate surface area is 90.1 Å². The zero-order chi connectivity index (χ0) is 10.7. The number of hydrogen-bond acceptors (Lipinski definition) is 2. The largest absolute Gasteiger partial charge is 0.389 e. The molecule has 1 N–H and O–H groups in total. The molecule has 1 aromatic carbocycles. The number of anilines is 1. The maximum absolute atomic E-state index is 9.39. The molecule has 0 aliphatic rings. The van der Waals surface area contributed by atoms with Gasteiger partial charge in [-0.05, 0) is 31.5 Å². The van der Waals surface area contributed by atoms with Crippen LogP contribution < -0.4 is 4.90 Å². The minimum Gasteiger partial charge on any atom is -0.389 e. The molecule has 0 saturated carbocycles. The van der Waals surface area contributed by atoms with Crippen molar-refractivity contribution in [1.82, 2.24) is 0 Å². The summed E-state index contributed by atoms with van der Waals surface area (Å²) in [6.07, 6.45) is -0.511. The summed E-state index contributed by atoms with van der Waals surface area (Å²) in [6, 6.07) is 5.72. The van der Waals surface area contributed by atoms with Gasteiger partial charge in [-0.3, -0.25) is 0 Å². The van der Waals surface area contributed by atoms with E-state index in [2.05, 4.69) is 11.8 Å². The molecule has 0 aliphatic heterocycles. The van der Waals surface area contributed by atoms with Crippen LogP contribution in [0.5, 0.6) is 0 Å². The van der Waals surface area contributed by atoms with Gasteiger partial charge in [0, 0.05) is 24.3 Å². The van der Waals surface area contributed by atoms with Crippen molar-refractivity contribution in [2.75, 3.05) is 18.5 Å². The van der Waals surface area contributed by atoms with Crippen LogP contribution in [-0.4, -0.2) is 18.7 Å². The van der Waals surface area contributed by atoms with Gasteiger partial charge in [0.15, 0.2) is 0 Å². The van der Waals surface area contributed by atoms with E-state index in [-0.39, 0.29) is 0 Å². The molecular weight excluding hydrogens is 198 g/mol. The molecule has 1 aromatic rings. The predicted molar refractivity (Wildman–Crippen MR) is 61.0 cm³/mol. The summed E-state index contributed by atoms with van der Waals surface area (Å²) >= 11 is 6.04. The molecule has 3 heteroatoms. The van der Waals surface area contributed by atoms with E-state index >= 15 is 0 Å². The number of aliphatic hydroxyl groups is 1. The van der Waals surface area contributed by atoms with Crippen LogP contribution in [0.1, 0.15) is 25.5 Å². The Hall–Kier alpha value is -0.730. The maximum atomic E-state index is 9.39. The Balaban J connectivity index is 3.00. The van der Waals surface area contributed by atoms with Crippen molar-refractivity contribution in [2.45, 2.75) is 20.0 Å². The number of rotatable bonds is 3. The molecule has 14 heavy (non-hydrogen) atoms. The van der Waals surface area contributed by atoms with E-state index in [4.69, 9.17) is 11.6 Å². The van der Waals surface area contributed by atoms with Crippen molar-refractivity contribution in [3.8, 4) is 0 Å². The average Bonchev–Trinajstić information content (AvgIpc) is 2.15. The molecule has 2 nitrogen and oxygen atoms in total. The fraction of sp³-hybridized carbons (Fsp3) is 0.455. The highest BCUT2D eigenvalue weighted by Crippen LogP contribution is 2.27. The van der Waals surface area contributed by atoms with Gasteiger partial charge in [0.1, 0.15) is 0 Å². The molecule has 0 bridgehead atoms. The van der Waals surface area contributed by atoms with Gasteiger partial charge in [0.25, 0.3) is 0 Å². The first-order valence-corrected chi connectivity index (χ1v) is 5.12. The highest BCUT2D eigenvalue weighted by molar-refractivity contribution is 6.31. The summed E-state index contributed by atoms with van der Waals surface area (Å²) in [5, 5.41) is 10.0. The molecule has 0 radical (unpaired) electrons. The third kappa shape index (κ3) is 2.40. The zero-order valence-corrected chi connectivity index (χ0v) is 9.54. The zero-order valence-electron chi connectivity index (χ0n) is 8.79. The Morgan fingerprint density at radius 3 is 2.57 bits per heavy atom. The molecule has 0 spiro atoms. The van der Waals surface area contributed by atoms with E-state index in [1.807, 2.05) is 25.2 Å². The van der Waals surface area contributed by atoms with Gasteiger partial charge in [-0.2, -0.15) is 0 Å². The molecule has 1 rings (SSSR count). The van der Waals surface area contributed by atoms with Gasteiger partial charge >= 0.3 is 0 Å². The Morgan fingerprint density at radius 2 is 2.14 bits per heavy atom. The highest BCUT2D eigenvalue weighted by Gasteiger charge is 2.08. The van der Waals surface area contributed by atoms with Crippen LogP contribution >= 0.6 is 11.6 Å². The molecule has 0 saturated heterocycles. The predicted octanol–water partition coefficient (Wildman–Crippen LogP) is 2.85. The van der Waals surface area contributed by atoms with E-state index < -0.39 is 6.10 Å². The lowest BCUT2D eigenvalue weighted by Gasteiger charge is -2.18. The van der Waals surface area contributed by atoms with Crippen LogP contribution in [-0.2, 0) is 0 Å². The quantitative estimate of drug-likeness (QED) is 0.835. The lowest BCUT2D eigenvalue weighted by molar-refractivity contribution is 0.199. The first kappa shape index (κ1) is 11.3.